The van der Waals surface area contributed by atoms with Crippen molar-refractivity contribution in [3.05, 3.63) is 78.1 Å². The lowest BCUT2D eigenvalue weighted by molar-refractivity contribution is -0.274. The molecule has 9 heteroatoms. The molecule has 0 aliphatic heterocycles. The van der Waals surface area contributed by atoms with Crippen LogP contribution >= 0.6 is 0 Å². The smallest absolute Gasteiger partial charge is 0.406 e. The van der Waals surface area contributed by atoms with Crippen LogP contribution in [0.3, 0.4) is 0 Å². The molecule has 1 heterocycles. The summed E-state index contributed by atoms with van der Waals surface area (Å²) in [5, 5.41) is 23.8. The van der Waals surface area contributed by atoms with E-state index in [-0.39, 0.29) is 30.2 Å². The Morgan fingerprint density at radius 2 is 1.74 bits per heavy atom. The highest BCUT2D eigenvalue weighted by Gasteiger charge is 2.42. The Bertz CT molecular complexity index is 1060. The topological polar surface area (TPSA) is 87.5 Å². The Hall–Kier alpha value is -3.01. The predicted octanol–water partition coefficient (Wildman–Crippen LogP) is 3.73. The number of benzene rings is 2. The quantitative estimate of drug-likeness (QED) is 0.462. The van der Waals surface area contributed by atoms with E-state index in [1.807, 2.05) is 36.4 Å². The Labute approximate surface area is 195 Å². The molecule has 1 aromatic heterocycles. The second-order valence-corrected chi connectivity index (χ2v) is 8.43. The summed E-state index contributed by atoms with van der Waals surface area (Å²) < 4.78 is 41.0. The first-order chi connectivity index (χ1) is 16.3. The molecule has 3 aromatic rings. The van der Waals surface area contributed by atoms with Crippen LogP contribution in [0, 0.1) is 11.8 Å². The number of nitrogens with zero attached hydrogens (tertiary/aromatic N) is 2. The second-order valence-electron chi connectivity index (χ2n) is 8.43. The minimum atomic E-state index is -4.73. The summed E-state index contributed by atoms with van der Waals surface area (Å²) in [5.74, 6) is -0.0480. The van der Waals surface area contributed by atoms with E-state index < -0.39 is 12.5 Å². The molecule has 0 radical (unpaired) electrons. The van der Waals surface area contributed by atoms with Crippen LogP contribution in [-0.4, -0.2) is 45.3 Å². The maximum absolute atomic E-state index is 12.4. The molecule has 0 bridgehead atoms. The van der Waals surface area contributed by atoms with E-state index in [0.717, 1.165) is 16.8 Å². The highest BCUT2D eigenvalue weighted by Crippen LogP contribution is 2.35. The number of ether oxygens (including phenoxy) is 1. The van der Waals surface area contributed by atoms with Crippen molar-refractivity contribution in [1.29, 1.82) is 0 Å². The minimum absolute atomic E-state index is 0.0774. The van der Waals surface area contributed by atoms with Crippen LogP contribution < -0.4 is 10.1 Å². The Morgan fingerprint density at radius 1 is 1.00 bits per heavy atom. The molecule has 1 fully saturated rings. The number of halogens is 3. The van der Waals surface area contributed by atoms with Crippen molar-refractivity contribution in [1.82, 2.24) is 15.3 Å². The van der Waals surface area contributed by atoms with E-state index in [9.17, 15) is 23.4 Å². The maximum Gasteiger partial charge on any atom is 0.573 e. The molecule has 3 N–H and O–H groups in total. The monoisotopic (exact) mass is 473 g/mol. The molecule has 4 rings (SSSR count). The van der Waals surface area contributed by atoms with Gasteiger partial charge in [0.15, 0.2) is 5.82 Å². The van der Waals surface area contributed by atoms with Crippen LogP contribution in [-0.2, 0) is 13.0 Å². The lowest BCUT2D eigenvalue weighted by Crippen LogP contribution is -2.36. The van der Waals surface area contributed by atoms with E-state index >= 15 is 0 Å². The molecule has 2 aromatic carbocycles. The zero-order chi connectivity index (χ0) is 24.1. The van der Waals surface area contributed by atoms with Crippen molar-refractivity contribution in [2.45, 2.75) is 37.9 Å². The van der Waals surface area contributed by atoms with Crippen LogP contribution in [0.25, 0.3) is 11.4 Å². The van der Waals surface area contributed by atoms with Crippen molar-refractivity contribution in [3.63, 3.8) is 0 Å². The summed E-state index contributed by atoms with van der Waals surface area (Å²) in [5.41, 5.74) is 2.50. The fourth-order valence-electron chi connectivity index (χ4n) is 4.51. The molecular formula is C25H26F3N3O3. The summed E-state index contributed by atoms with van der Waals surface area (Å²) in [4.78, 5) is 9.04. The zero-order valence-electron chi connectivity index (χ0n) is 18.3. The molecule has 0 saturated heterocycles. The molecular weight excluding hydrogens is 447 g/mol. The number of rotatable bonds is 8. The summed E-state index contributed by atoms with van der Waals surface area (Å²) >= 11 is 0. The van der Waals surface area contributed by atoms with Gasteiger partial charge in [0.1, 0.15) is 5.75 Å². The highest BCUT2D eigenvalue weighted by atomic mass is 19.4. The molecule has 0 amide bonds. The fourth-order valence-corrected chi connectivity index (χ4v) is 4.51. The average molecular weight is 473 g/mol. The van der Waals surface area contributed by atoms with Gasteiger partial charge in [0.05, 0.1) is 6.10 Å². The van der Waals surface area contributed by atoms with E-state index in [1.165, 1.54) is 12.1 Å². The van der Waals surface area contributed by atoms with Crippen molar-refractivity contribution >= 4 is 0 Å². The molecule has 4 unspecified atom stereocenters. The van der Waals surface area contributed by atoms with E-state index in [4.69, 9.17) is 0 Å². The summed E-state index contributed by atoms with van der Waals surface area (Å²) in [7, 11) is 0. The molecule has 34 heavy (non-hydrogen) atoms. The normalized spacial score (nSPS) is 22.6. The first kappa shape index (κ1) is 24.1. The standard InChI is InChI=1S/C25H26F3N3O3/c26-25(27,28)34-19-8-6-16(7-9-19)14-30-22-13-23(33)21(15-32)20(22)12-18-10-11-29-24(31-18)17-4-2-1-3-5-17/h1-11,20-23,30,32-33H,12-15H2. The number of nitrogens with one attached hydrogen (secondary N) is 1. The Kier molecular flexibility index (Phi) is 7.45. The number of aliphatic hydroxyl groups is 2. The van der Waals surface area contributed by atoms with E-state index in [1.54, 1.807) is 18.3 Å². The van der Waals surface area contributed by atoms with Gasteiger partial charge >= 0.3 is 6.36 Å². The summed E-state index contributed by atoms with van der Waals surface area (Å²) in [6.45, 7) is 0.251. The predicted molar refractivity (Wildman–Crippen MR) is 120 cm³/mol. The van der Waals surface area contributed by atoms with Crippen molar-refractivity contribution < 1.29 is 28.1 Å². The number of hydrogen-bond donors (Lipinski definition) is 3. The zero-order valence-corrected chi connectivity index (χ0v) is 18.3. The third-order valence-electron chi connectivity index (χ3n) is 6.18. The molecule has 4 atom stereocenters. The second kappa shape index (κ2) is 10.5. The first-order valence-electron chi connectivity index (χ1n) is 11.1. The molecule has 1 aliphatic rings. The van der Waals surface area contributed by atoms with Gasteiger partial charge in [-0.25, -0.2) is 9.97 Å². The van der Waals surface area contributed by atoms with Gasteiger partial charge in [-0.05, 0) is 42.5 Å². The Morgan fingerprint density at radius 3 is 2.41 bits per heavy atom. The minimum Gasteiger partial charge on any atom is -0.406 e. The van der Waals surface area contributed by atoms with Gasteiger partial charge in [0.25, 0.3) is 0 Å². The van der Waals surface area contributed by atoms with Gasteiger partial charge in [-0.2, -0.15) is 0 Å². The first-order valence-corrected chi connectivity index (χ1v) is 11.1. The highest BCUT2D eigenvalue weighted by molar-refractivity contribution is 5.54. The molecule has 0 spiro atoms. The van der Waals surface area contributed by atoms with Gasteiger partial charge in [-0.1, -0.05) is 42.5 Å². The Balaban J connectivity index is 1.44. The van der Waals surface area contributed by atoms with Crippen LogP contribution in [0.4, 0.5) is 13.2 Å². The van der Waals surface area contributed by atoms with E-state index in [0.29, 0.717) is 25.2 Å². The third-order valence-corrected chi connectivity index (χ3v) is 6.18. The average Bonchev–Trinajstić information content (AvgIpc) is 3.12. The van der Waals surface area contributed by atoms with Crippen molar-refractivity contribution in [2.75, 3.05) is 6.61 Å². The number of aromatic nitrogens is 2. The molecule has 180 valence electrons. The van der Waals surface area contributed by atoms with Gasteiger partial charge in [0.2, 0.25) is 0 Å². The largest absolute Gasteiger partial charge is 0.573 e. The number of aliphatic hydroxyl groups excluding tert-OH is 2. The SMILES string of the molecule is OCC1C(O)CC(NCc2ccc(OC(F)(F)F)cc2)C1Cc1ccnc(-c2ccccc2)n1. The lowest BCUT2D eigenvalue weighted by atomic mass is 9.88. The third kappa shape index (κ3) is 6.11. The van der Waals surface area contributed by atoms with Crippen LogP contribution in [0.15, 0.2) is 66.9 Å². The maximum atomic E-state index is 12.4. The molecule has 1 aliphatic carbocycles. The summed E-state index contributed by atoms with van der Waals surface area (Å²) in [6, 6.07) is 17.0. The van der Waals surface area contributed by atoms with Crippen LogP contribution in [0.5, 0.6) is 5.75 Å². The van der Waals surface area contributed by atoms with Gasteiger partial charge in [-0.3, -0.25) is 0 Å². The fraction of sp³-hybridized carbons (Fsp3) is 0.360. The van der Waals surface area contributed by atoms with Gasteiger partial charge in [0, 0.05) is 42.6 Å². The number of hydrogen-bond acceptors (Lipinski definition) is 6. The molecule has 1 saturated carbocycles. The van der Waals surface area contributed by atoms with E-state index in [2.05, 4.69) is 20.0 Å². The van der Waals surface area contributed by atoms with Gasteiger partial charge < -0.3 is 20.3 Å². The lowest BCUT2D eigenvalue weighted by Gasteiger charge is -2.25. The summed E-state index contributed by atoms with van der Waals surface area (Å²) in [6.07, 6.45) is -2.68. The van der Waals surface area contributed by atoms with Gasteiger partial charge in [-0.15, -0.1) is 13.2 Å². The van der Waals surface area contributed by atoms with Crippen LogP contribution in [0.2, 0.25) is 0 Å². The van der Waals surface area contributed by atoms with Crippen molar-refractivity contribution in [3.8, 4) is 17.1 Å². The number of alkyl halides is 3. The van der Waals surface area contributed by atoms with Crippen LogP contribution in [0.1, 0.15) is 17.7 Å². The molecule has 6 nitrogen and oxygen atoms in total. The van der Waals surface area contributed by atoms with Crippen molar-refractivity contribution in [2.24, 2.45) is 11.8 Å².